The fourth-order valence-electron chi connectivity index (χ4n) is 0.642. The number of ether oxygens (including phenoxy) is 1. The van der Waals surface area contributed by atoms with Crippen LogP contribution in [0.2, 0.25) is 0 Å². The maximum atomic E-state index is 10.6. The van der Waals surface area contributed by atoms with E-state index in [1.807, 2.05) is 0 Å². The van der Waals surface area contributed by atoms with Gasteiger partial charge in [0.15, 0.2) is 0 Å². The molecule has 1 rings (SSSR count). The van der Waals surface area contributed by atoms with Gasteiger partial charge in [0.05, 0.1) is 0 Å². The van der Waals surface area contributed by atoms with Gasteiger partial charge in [-0.25, -0.2) is 4.42 Å². The lowest BCUT2D eigenvalue weighted by molar-refractivity contribution is -0.270. The van der Waals surface area contributed by atoms with Crippen LogP contribution in [0.5, 0.6) is 5.75 Å². The van der Waals surface area contributed by atoms with E-state index in [4.69, 9.17) is 4.42 Å². The fraction of sp³-hybridized carbons (Fsp3) is 0.250. The Labute approximate surface area is 69.4 Å². The van der Waals surface area contributed by atoms with Crippen molar-refractivity contribution >= 4 is 5.97 Å². The first-order valence-electron chi connectivity index (χ1n) is 3.39. The van der Waals surface area contributed by atoms with Crippen molar-refractivity contribution < 1.29 is 19.1 Å². The zero-order chi connectivity index (χ0) is 8.97. The monoisotopic (exact) mass is 168 g/mol. The van der Waals surface area contributed by atoms with Gasteiger partial charge in [0, 0.05) is 13.0 Å². The van der Waals surface area contributed by atoms with Crippen LogP contribution in [-0.2, 0) is 16.1 Å². The molecule has 1 aromatic rings. The van der Waals surface area contributed by atoms with Crippen LogP contribution in [0.3, 0.4) is 0 Å². The summed E-state index contributed by atoms with van der Waals surface area (Å²) in [5, 5.41) is 10.6. The van der Waals surface area contributed by atoms with Gasteiger partial charge in [-0.05, 0) is 5.75 Å². The summed E-state index contributed by atoms with van der Waals surface area (Å²) in [7, 11) is 0. The second kappa shape index (κ2) is 3.71. The summed E-state index contributed by atoms with van der Waals surface area (Å²) in [6.45, 7) is 1.37. The minimum atomic E-state index is -0.378. The summed E-state index contributed by atoms with van der Waals surface area (Å²) in [6.07, 6.45) is 1.07. The first-order valence-corrected chi connectivity index (χ1v) is 3.39. The zero-order valence-electron chi connectivity index (χ0n) is 6.57. The van der Waals surface area contributed by atoms with Gasteiger partial charge in [0.2, 0.25) is 6.61 Å². The molecule has 4 nitrogen and oxygen atoms in total. The summed E-state index contributed by atoms with van der Waals surface area (Å²) < 4.78 is 9.45. The molecule has 0 radical (unpaired) electrons. The standard InChI is InChI=1S/C8H8O4/c1-6(9)11-5-8-3-2-7(10)4-12-8/h2-4H,5H2,1H3. The second-order valence-electron chi connectivity index (χ2n) is 2.22. The molecule has 0 spiro atoms. The highest BCUT2D eigenvalue weighted by Gasteiger charge is 2.06. The van der Waals surface area contributed by atoms with Crippen LogP contribution in [0, 0.1) is 0 Å². The Morgan fingerprint density at radius 3 is 2.92 bits per heavy atom. The highest BCUT2D eigenvalue weighted by Crippen LogP contribution is 2.07. The van der Waals surface area contributed by atoms with Crippen LogP contribution in [0.1, 0.15) is 12.7 Å². The van der Waals surface area contributed by atoms with Gasteiger partial charge in [-0.2, -0.15) is 0 Å². The molecule has 0 aliphatic carbocycles. The summed E-state index contributed by atoms with van der Waals surface area (Å²) in [4.78, 5) is 10.4. The van der Waals surface area contributed by atoms with Crippen molar-refractivity contribution in [2.75, 3.05) is 0 Å². The van der Waals surface area contributed by atoms with E-state index in [-0.39, 0.29) is 18.3 Å². The van der Waals surface area contributed by atoms with Crippen molar-refractivity contribution in [3.8, 4) is 5.75 Å². The Kier molecular flexibility index (Phi) is 2.63. The smallest absolute Gasteiger partial charge is 0.366 e. The van der Waals surface area contributed by atoms with Crippen LogP contribution >= 0.6 is 0 Å². The van der Waals surface area contributed by atoms with Crippen LogP contribution < -0.4 is 5.11 Å². The predicted molar refractivity (Wildman–Crippen MR) is 38.0 cm³/mol. The van der Waals surface area contributed by atoms with Crippen molar-refractivity contribution in [1.82, 2.24) is 0 Å². The van der Waals surface area contributed by atoms with E-state index in [1.165, 1.54) is 19.1 Å². The van der Waals surface area contributed by atoms with Crippen LogP contribution in [-0.4, -0.2) is 5.97 Å². The van der Waals surface area contributed by atoms with Crippen molar-refractivity contribution in [2.45, 2.75) is 13.5 Å². The molecule has 0 saturated carbocycles. The quantitative estimate of drug-likeness (QED) is 0.481. The van der Waals surface area contributed by atoms with E-state index in [0.717, 1.165) is 6.26 Å². The summed E-state index contributed by atoms with van der Waals surface area (Å²) >= 11 is 0. The SMILES string of the molecule is CC(=O)OCc1ccc([O-])c[o+]1. The molecular weight excluding hydrogens is 160 g/mol. The molecule has 4 heteroatoms. The Bertz CT molecular complexity index is 265. The van der Waals surface area contributed by atoms with Gasteiger partial charge in [-0.15, -0.1) is 0 Å². The minimum Gasteiger partial charge on any atom is -0.867 e. The molecule has 64 valence electrons. The second-order valence-corrected chi connectivity index (χ2v) is 2.22. The average Bonchev–Trinajstić information content (AvgIpc) is 2.03. The third-order valence-electron chi connectivity index (χ3n) is 1.18. The normalized spacial score (nSPS) is 9.42. The molecular formula is C8H8O4. The molecule has 0 aliphatic heterocycles. The van der Waals surface area contributed by atoms with Crippen molar-refractivity contribution in [2.24, 2.45) is 0 Å². The minimum absolute atomic E-state index is 0.0651. The highest BCUT2D eigenvalue weighted by atomic mass is 16.5. The third kappa shape index (κ3) is 2.57. The number of hydrogen-bond donors (Lipinski definition) is 0. The number of carbonyl (C=O) groups excluding carboxylic acids is 1. The Hall–Kier alpha value is -1.58. The van der Waals surface area contributed by atoms with Gasteiger partial charge < -0.3 is 9.84 Å². The molecule has 12 heavy (non-hydrogen) atoms. The van der Waals surface area contributed by atoms with Crippen LogP contribution in [0.25, 0.3) is 0 Å². The largest absolute Gasteiger partial charge is 0.867 e. The molecule has 1 heterocycles. The zero-order valence-corrected chi connectivity index (χ0v) is 6.57. The number of esters is 1. The molecule has 0 N–H and O–H groups in total. The Balaban J connectivity index is 2.53. The summed E-state index contributed by atoms with van der Waals surface area (Å²) in [5.41, 5.74) is 0. The van der Waals surface area contributed by atoms with Crippen LogP contribution in [0.15, 0.2) is 22.8 Å². The van der Waals surface area contributed by atoms with E-state index >= 15 is 0 Å². The van der Waals surface area contributed by atoms with Crippen molar-refractivity contribution in [1.29, 1.82) is 0 Å². The van der Waals surface area contributed by atoms with Gasteiger partial charge in [-0.1, -0.05) is 6.07 Å². The van der Waals surface area contributed by atoms with E-state index in [2.05, 4.69) is 4.74 Å². The average molecular weight is 168 g/mol. The highest BCUT2D eigenvalue weighted by molar-refractivity contribution is 5.65. The van der Waals surface area contributed by atoms with E-state index < -0.39 is 0 Å². The first kappa shape index (κ1) is 8.52. The van der Waals surface area contributed by atoms with Crippen molar-refractivity contribution in [3.05, 3.63) is 24.2 Å². The first-order chi connectivity index (χ1) is 5.68. The maximum Gasteiger partial charge on any atom is 0.366 e. The van der Waals surface area contributed by atoms with E-state index in [9.17, 15) is 9.90 Å². The summed E-state index contributed by atoms with van der Waals surface area (Å²) in [5.74, 6) is -0.136. The fourth-order valence-corrected chi connectivity index (χ4v) is 0.642. The van der Waals surface area contributed by atoms with Gasteiger partial charge >= 0.3 is 18.0 Å². The lowest BCUT2D eigenvalue weighted by atomic mass is 10.4. The van der Waals surface area contributed by atoms with Gasteiger partial charge in [-0.3, -0.25) is 4.79 Å². The molecule has 0 unspecified atom stereocenters. The molecule has 0 bridgehead atoms. The van der Waals surface area contributed by atoms with Crippen LogP contribution in [0.4, 0.5) is 0 Å². The molecule has 0 amide bonds. The molecule has 0 aromatic carbocycles. The van der Waals surface area contributed by atoms with Gasteiger partial charge in [0.25, 0.3) is 0 Å². The molecule has 1 aromatic heterocycles. The number of rotatable bonds is 2. The predicted octanol–water partition coefficient (Wildman–Crippen LogP) is 0.697. The summed E-state index contributed by atoms with van der Waals surface area (Å²) in [6, 6.07) is 2.83. The third-order valence-corrected chi connectivity index (χ3v) is 1.18. The molecule has 0 fully saturated rings. The van der Waals surface area contributed by atoms with Gasteiger partial charge in [0.1, 0.15) is 0 Å². The molecule has 0 aliphatic rings. The maximum absolute atomic E-state index is 10.6. The number of hydrogen-bond acceptors (Lipinski definition) is 3. The number of carbonyl (C=O) groups is 1. The lowest BCUT2D eigenvalue weighted by Gasteiger charge is -1.96. The van der Waals surface area contributed by atoms with E-state index in [1.54, 1.807) is 0 Å². The molecule has 0 saturated heterocycles. The van der Waals surface area contributed by atoms with Crippen molar-refractivity contribution in [3.63, 3.8) is 0 Å². The Morgan fingerprint density at radius 2 is 2.42 bits per heavy atom. The lowest BCUT2D eigenvalue weighted by Crippen LogP contribution is -1.98. The Morgan fingerprint density at radius 1 is 1.67 bits per heavy atom. The molecule has 0 atom stereocenters. The topological polar surface area (TPSA) is 60.7 Å². The van der Waals surface area contributed by atoms with E-state index in [0.29, 0.717) is 5.76 Å².